The second kappa shape index (κ2) is 7.16. The van der Waals surface area contributed by atoms with Crippen LogP contribution in [-0.2, 0) is 20.4 Å². The molecule has 5 nitrogen and oxygen atoms in total. The first-order valence-corrected chi connectivity index (χ1v) is 6.58. The molecule has 0 aliphatic carbocycles. The summed E-state index contributed by atoms with van der Waals surface area (Å²) in [4.78, 5) is 22.0. The Labute approximate surface area is 97.4 Å². The van der Waals surface area contributed by atoms with Crippen LogP contribution in [0, 0.1) is 0 Å². The van der Waals surface area contributed by atoms with Crippen LogP contribution in [0.5, 0.6) is 0 Å². The summed E-state index contributed by atoms with van der Waals surface area (Å²) in [5.41, 5.74) is 0.238. The minimum atomic E-state index is -1.10. The van der Waals surface area contributed by atoms with Crippen LogP contribution in [0.1, 0.15) is 20.3 Å². The molecule has 0 aliphatic rings. The number of amides is 1. The molecule has 0 aromatic heterocycles. The van der Waals surface area contributed by atoms with E-state index in [4.69, 9.17) is 5.11 Å². The van der Waals surface area contributed by atoms with Crippen molar-refractivity contribution in [1.29, 1.82) is 0 Å². The van der Waals surface area contributed by atoms with Crippen LogP contribution in [0.15, 0.2) is 11.1 Å². The highest BCUT2D eigenvalue weighted by molar-refractivity contribution is 7.84. The molecule has 0 aliphatic heterocycles. The van der Waals surface area contributed by atoms with Crippen molar-refractivity contribution in [2.24, 2.45) is 0 Å². The Kier molecular flexibility index (Phi) is 6.64. The van der Waals surface area contributed by atoms with Crippen LogP contribution in [0.4, 0.5) is 0 Å². The van der Waals surface area contributed by atoms with Gasteiger partial charge in [-0.2, -0.15) is 0 Å². The number of carbonyl (C=O) groups is 2. The van der Waals surface area contributed by atoms with E-state index < -0.39 is 16.8 Å². The number of carboxylic acid groups (broad SMARTS) is 1. The predicted octanol–water partition coefficient (Wildman–Crippen LogP) is 0.292. The minimum Gasteiger partial charge on any atom is -0.478 e. The Morgan fingerprint density at radius 3 is 2.25 bits per heavy atom. The normalized spacial score (nSPS) is 13.9. The Morgan fingerprint density at radius 1 is 1.25 bits per heavy atom. The third-order valence-electron chi connectivity index (χ3n) is 2.12. The van der Waals surface area contributed by atoms with Crippen LogP contribution in [-0.4, -0.2) is 39.7 Å². The Morgan fingerprint density at radius 2 is 1.81 bits per heavy atom. The molecule has 0 rings (SSSR count). The van der Waals surface area contributed by atoms with Gasteiger partial charge in [0.05, 0.1) is 0 Å². The van der Waals surface area contributed by atoms with Gasteiger partial charge < -0.3 is 10.4 Å². The van der Waals surface area contributed by atoms with Crippen molar-refractivity contribution in [3.05, 3.63) is 11.1 Å². The summed E-state index contributed by atoms with van der Waals surface area (Å²) in [5, 5.41) is 11.2. The number of hydrogen-bond donors (Lipinski definition) is 2. The Balaban J connectivity index is 4.12. The first-order valence-electron chi connectivity index (χ1n) is 4.85. The molecule has 0 heterocycles. The second-order valence-corrected chi connectivity index (χ2v) is 5.00. The fourth-order valence-corrected chi connectivity index (χ4v) is 1.49. The summed E-state index contributed by atoms with van der Waals surface area (Å²) in [6, 6.07) is 0. The number of carboxylic acids is 1. The summed E-state index contributed by atoms with van der Waals surface area (Å²) in [5.74, 6) is -0.954. The number of nitrogens with one attached hydrogen (secondary N) is 1. The maximum Gasteiger partial charge on any atom is 0.331 e. The van der Waals surface area contributed by atoms with Crippen LogP contribution >= 0.6 is 0 Å². The van der Waals surface area contributed by atoms with Crippen LogP contribution < -0.4 is 5.32 Å². The number of carbonyl (C=O) groups excluding carboxylic acids is 1. The van der Waals surface area contributed by atoms with Crippen molar-refractivity contribution in [2.45, 2.75) is 20.3 Å². The van der Waals surface area contributed by atoms with Crippen LogP contribution in [0.3, 0.4) is 0 Å². The summed E-state index contributed by atoms with van der Waals surface area (Å²) in [7, 11) is -0.865. The SMILES string of the molecule is CC(C(=O)O)=C(C)C(=O)NCCCS(C)=O. The van der Waals surface area contributed by atoms with E-state index >= 15 is 0 Å². The van der Waals surface area contributed by atoms with Gasteiger partial charge in [0.2, 0.25) is 5.91 Å². The van der Waals surface area contributed by atoms with Crippen molar-refractivity contribution >= 4 is 22.7 Å². The second-order valence-electron chi connectivity index (χ2n) is 3.44. The summed E-state index contributed by atoms with van der Waals surface area (Å²) >= 11 is 0. The number of aliphatic carboxylic acids is 1. The zero-order chi connectivity index (χ0) is 12.7. The molecule has 0 aromatic rings. The first kappa shape index (κ1) is 14.8. The predicted molar refractivity (Wildman–Crippen MR) is 62.6 cm³/mol. The van der Waals surface area contributed by atoms with Gasteiger partial charge >= 0.3 is 5.97 Å². The smallest absolute Gasteiger partial charge is 0.331 e. The molecular formula is C10H17NO4S. The largest absolute Gasteiger partial charge is 0.478 e. The van der Waals surface area contributed by atoms with Crippen molar-refractivity contribution < 1.29 is 18.9 Å². The molecule has 1 atom stereocenters. The fraction of sp³-hybridized carbons (Fsp3) is 0.600. The minimum absolute atomic E-state index is 0.0385. The van der Waals surface area contributed by atoms with Gasteiger partial charge in [-0.05, 0) is 20.3 Å². The van der Waals surface area contributed by atoms with E-state index in [1.165, 1.54) is 13.8 Å². The molecule has 16 heavy (non-hydrogen) atoms. The third kappa shape index (κ3) is 5.65. The van der Waals surface area contributed by atoms with Gasteiger partial charge in [-0.25, -0.2) is 4.79 Å². The number of hydrogen-bond acceptors (Lipinski definition) is 3. The van der Waals surface area contributed by atoms with E-state index in [0.717, 1.165) is 0 Å². The van der Waals surface area contributed by atoms with Gasteiger partial charge in [0.1, 0.15) is 0 Å². The zero-order valence-corrected chi connectivity index (χ0v) is 10.5. The molecule has 0 saturated carbocycles. The van der Waals surface area contributed by atoms with E-state index in [1.807, 2.05) is 0 Å². The molecule has 0 saturated heterocycles. The molecule has 6 heteroatoms. The Hall–Kier alpha value is -1.17. The highest BCUT2D eigenvalue weighted by atomic mass is 32.2. The molecule has 0 spiro atoms. The van der Waals surface area contributed by atoms with Crippen LogP contribution in [0.2, 0.25) is 0 Å². The van der Waals surface area contributed by atoms with Gasteiger partial charge in [0.25, 0.3) is 0 Å². The molecule has 2 N–H and O–H groups in total. The quantitative estimate of drug-likeness (QED) is 0.522. The standard InChI is InChI=1S/C10H17NO4S/c1-7(8(2)10(13)14)9(12)11-5-4-6-16(3)15/h4-6H2,1-3H3,(H,11,12)(H,13,14). The van der Waals surface area contributed by atoms with Crippen molar-refractivity contribution in [2.75, 3.05) is 18.6 Å². The van der Waals surface area contributed by atoms with E-state index in [-0.39, 0.29) is 17.1 Å². The van der Waals surface area contributed by atoms with Crippen molar-refractivity contribution in [3.63, 3.8) is 0 Å². The molecule has 1 unspecified atom stereocenters. The lowest BCUT2D eigenvalue weighted by molar-refractivity contribution is -0.133. The van der Waals surface area contributed by atoms with Gasteiger partial charge in [-0.3, -0.25) is 9.00 Å². The molecular weight excluding hydrogens is 230 g/mol. The van der Waals surface area contributed by atoms with E-state index in [0.29, 0.717) is 18.7 Å². The molecule has 0 radical (unpaired) electrons. The molecule has 0 bridgehead atoms. The summed E-state index contributed by atoms with van der Waals surface area (Å²) in [6.07, 6.45) is 2.22. The fourth-order valence-electron chi connectivity index (χ4n) is 0.941. The molecule has 92 valence electrons. The monoisotopic (exact) mass is 247 g/mol. The van der Waals surface area contributed by atoms with Crippen molar-refractivity contribution in [1.82, 2.24) is 5.32 Å². The van der Waals surface area contributed by atoms with E-state index in [1.54, 1.807) is 6.26 Å². The summed E-state index contributed by atoms with van der Waals surface area (Å²) < 4.78 is 10.7. The van der Waals surface area contributed by atoms with Gasteiger partial charge in [-0.1, -0.05) is 0 Å². The van der Waals surface area contributed by atoms with E-state index in [9.17, 15) is 13.8 Å². The van der Waals surface area contributed by atoms with Crippen molar-refractivity contribution in [3.8, 4) is 0 Å². The molecule has 1 amide bonds. The lowest BCUT2D eigenvalue weighted by atomic mass is 10.1. The van der Waals surface area contributed by atoms with Gasteiger partial charge in [0.15, 0.2) is 0 Å². The summed E-state index contributed by atoms with van der Waals surface area (Å²) in [6.45, 7) is 3.26. The highest BCUT2D eigenvalue weighted by Crippen LogP contribution is 2.03. The Bertz CT molecular complexity index is 336. The molecule has 0 fully saturated rings. The zero-order valence-electron chi connectivity index (χ0n) is 9.70. The maximum absolute atomic E-state index is 11.4. The highest BCUT2D eigenvalue weighted by Gasteiger charge is 2.11. The number of rotatable bonds is 6. The maximum atomic E-state index is 11.4. The lowest BCUT2D eigenvalue weighted by Crippen LogP contribution is -2.27. The van der Waals surface area contributed by atoms with E-state index in [2.05, 4.69) is 5.32 Å². The van der Waals surface area contributed by atoms with Gasteiger partial charge in [-0.15, -0.1) is 0 Å². The lowest BCUT2D eigenvalue weighted by Gasteiger charge is -2.06. The third-order valence-corrected chi connectivity index (χ3v) is 2.98. The van der Waals surface area contributed by atoms with Crippen LogP contribution in [0.25, 0.3) is 0 Å². The topological polar surface area (TPSA) is 83.5 Å². The first-order chi connectivity index (χ1) is 7.36. The average molecular weight is 247 g/mol. The average Bonchev–Trinajstić information content (AvgIpc) is 2.21. The van der Waals surface area contributed by atoms with Gasteiger partial charge in [0, 0.05) is 40.5 Å². The molecule has 0 aromatic carbocycles.